The predicted molar refractivity (Wildman–Crippen MR) is 192 cm³/mol. The van der Waals surface area contributed by atoms with E-state index >= 15 is 0 Å². The van der Waals surface area contributed by atoms with E-state index in [4.69, 9.17) is 14.2 Å². The Hall–Kier alpha value is -4.76. The summed E-state index contributed by atoms with van der Waals surface area (Å²) in [6, 6.07) is 19.0. The lowest BCUT2D eigenvalue weighted by molar-refractivity contribution is -0.147. The molecule has 2 aliphatic carbocycles. The second-order valence-corrected chi connectivity index (χ2v) is 13.8. The smallest absolute Gasteiger partial charge is 0.302 e. The third-order valence-corrected chi connectivity index (χ3v) is 10.6. The molecule has 5 unspecified atom stereocenters. The van der Waals surface area contributed by atoms with Crippen molar-refractivity contribution in [3.8, 4) is 23.0 Å². The number of methoxy groups -OCH3 is 2. The van der Waals surface area contributed by atoms with Gasteiger partial charge in [0.15, 0.2) is 23.0 Å². The topological polar surface area (TPSA) is 138 Å². The van der Waals surface area contributed by atoms with Gasteiger partial charge in [-0.25, -0.2) is 0 Å². The second-order valence-electron chi connectivity index (χ2n) is 13.8. The Morgan fingerprint density at radius 1 is 0.960 bits per heavy atom. The third-order valence-electron chi connectivity index (χ3n) is 10.6. The van der Waals surface area contributed by atoms with Gasteiger partial charge in [0.25, 0.3) is 0 Å². The quantitative estimate of drug-likeness (QED) is 0.107. The summed E-state index contributed by atoms with van der Waals surface area (Å²) in [5.41, 5.74) is 5.64. The summed E-state index contributed by atoms with van der Waals surface area (Å²) in [6.07, 6.45) is 6.43. The van der Waals surface area contributed by atoms with Crippen LogP contribution in [0.3, 0.4) is 0 Å². The molecular weight excluding hydrogens is 634 g/mol. The van der Waals surface area contributed by atoms with E-state index in [9.17, 15) is 24.9 Å². The highest BCUT2D eigenvalue weighted by Crippen LogP contribution is 2.52. The molecule has 264 valence electrons. The minimum absolute atomic E-state index is 0.0142. The van der Waals surface area contributed by atoms with Crippen molar-refractivity contribution in [2.45, 2.75) is 70.3 Å². The molecule has 50 heavy (non-hydrogen) atoms. The number of aliphatic hydroxyl groups excluding tert-OH is 1. The first-order valence-corrected chi connectivity index (χ1v) is 17.5. The van der Waals surface area contributed by atoms with Gasteiger partial charge in [0.05, 0.1) is 14.2 Å². The highest BCUT2D eigenvalue weighted by Gasteiger charge is 2.40. The standard InChI is InChI=1S/C41H47NO8/c1-24(44)50-30(12-9-25-10-13-38(46)40(17-25)48-2)20-29(45)21-32-31-16-26(14-15-43)8-11-27(31)18-35(33-22-39(47)41(49-3)23-34(32)33)37-19-28-6-4-5-7-36(28)42-37/h4-7,10,13,17-19,22-23,26-27,30-32,42-43,46-47H,8-9,11-12,14-16,20-21H2,1-3H3. The lowest BCUT2D eigenvalue weighted by Crippen LogP contribution is -2.31. The van der Waals surface area contributed by atoms with Crippen molar-refractivity contribution >= 4 is 28.2 Å². The van der Waals surface area contributed by atoms with E-state index in [2.05, 4.69) is 23.2 Å². The number of Topliss-reactive ketones (excluding diaryl/α,β-unsaturated/α-hetero) is 1. The van der Waals surface area contributed by atoms with Crippen LogP contribution in [0.5, 0.6) is 23.0 Å². The molecule has 4 aromatic rings. The van der Waals surface area contributed by atoms with Gasteiger partial charge in [0.2, 0.25) is 0 Å². The SMILES string of the molecule is COc1cc(CCC(CC(=O)CC2c3cc(OC)c(O)cc3C(c3cc4ccccc4[nH]3)=CC3CCC(CCO)CC32)OC(C)=O)ccc1O. The summed E-state index contributed by atoms with van der Waals surface area (Å²) in [5, 5.41) is 32.0. The van der Waals surface area contributed by atoms with Crippen LogP contribution in [0.25, 0.3) is 16.5 Å². The Bertz CT molecular complexity index is 1840. The molecule has 1 heterocycles. The Kier molecular flexibility index (Phi) is 10.8. The number of aromatic amines is 1. The number of aromatic nitrogens is 1. The number of ether oxygens (including phenoxy) is 3. The lowest BCUT2D eigenvalue weighted by Gasteiger charge is -2.39. The molecular formula is C41H47NO8. The van der Waals surface area contributed by atoms with Crippen molar-refractivity contribution in [3.63, 3.8) is 0 Å². The molecule has 1 saturated carbocycles. The average Bonchev–Trinajstić information content (AvgIpc) is 3.49. The number of nitrogens with one attached hydrogen (secondary N) is 1. The Balaban J connectivity index is 1.35. The number of fused-ring (bicyclic) bond motifs is 3. The van der Waals surface area contributed by atoms with Crippen molar-refractivity contribution in [3.05, 3.63) is 89.1 Å². The first-order valence-electron chi connectivity index (χ1n) is 17.5. The molecule has 0 aliphatic heterocycles. The number of hydrogen-bond donors (Lipinski definition) is 4. The molecule has 6 rings (SSSR count). The molecule has 0 spiro atoms. The zero-order valence-electron chi connectivity index (χ0n) is 29.0. The molecule has 9 heteroatoms. The summed E-state index contributed by atoms with van der Waals surface area (Å²) in [7, 11) is 3.02. The maximum atomic E-state index is 14.2. The van der Waals surface area contributed by atoms with Gasteiger partial charge < -0.3 is 34.5 Å². The molecule has 0 radical (unpaired) electrons. The van der Waals surface area contributed by atoms with Crippen molar-refractivity contribution in [1.82, 2.24) is 4.98 Å². The normalized spacial score (nSPS) is 20.6. The number of para-hydroxylation sites is 1. The van der Waals surface area contributed by atoms with Crippen LogP contribution in [-0.4, -0.2) is 59.0 Å². The number of hydrogen-bond acceptors (Lipinski definition) is 8. The van der Waals surface area contributed by atoms with Gasteiger partial charge in [0, 0.05) is 48.5 Å². The fourth-order valence-electron chi connectivity index (χ4n) is 8.20. The highest BCUT2D eigenvalue weighted by atomic mass is 16.5. The maximum Gasteiger partial charge on any atom is 0.302 e. The van der Waals surface area contributed by atoms with E-state index in [1.807, 2.05) is 24.3 Å². The first kappa shape index (κ1) is 35.1. The maximum absolute atomic E-state index is 14.2. The minimum atomic E-state index is -0.622. The summed E-state index contributed by atoms with van der Waals surface area (Å²) < 4.78 is 16.6. The van der Waals surface area contributed by atoms with E-state index < -0.39 is 12.1 Å². The Labute approximate surface area is 292 Å². The molecule has 9 nitrogen and oxygen atoms in total. The highest BCUT2D eigenvalue weighted by molar-refractivity contribution is 5.90. The molecule has 0 saturated heterocycles. The van der Waals surface area contributed by atoms with Crippen LogP contribution in [0.4, 0.5) is 0 Å². The number of esters is 1. The average molecular weight is 682 g/mol. The summed E-state index contributed by atoms with van der Waals surface area (Å²) in [4.78, 5) is 29.9. The number of phenolic OH excluding ortho intramolecular Hbond substituents is 2. The number of allylic oxidation sites excluding steroid dienone is 1. The molecule has 0 bridgehead atoms. The van der Waals surface area contributed by atoms with Gasteiger partial charge in [-0.3, -0.25) is 9.59 Å². The van der Waals surface area contributed by atoms with Crippen LogP contribution < -0.4 is 9.47 Å². The summed E-state index contributed by atoms with van der Waals surface area (Å²) in [6.45, 7) is 1.48. The van der Waals surface area contributed by atoms with Crippen LogP contribution in [0, 0.1) is 17.8 Å². The van der Waals surface area contributed by atoms with Crippen LogP contribution in [-0.2, 0) is 20.7 Å². The fourth-order valence-corrected chi connectivity index (χ4v) is 8.20. The number of benzene rings is 3. The van der Waals surface area contributed by atoms with Gasteiger partial charge in [-0.15, -0.1) is 0 Å². The number of aliphatic hydroxyl groups is 1. The van der Waals surface area contributed by atoms with Crippen LogP contribution in [0.15, 0.2) is 66.7 Å². The minimum Gasteiger partial charge on any atom is -0.504 e. The molecule has 1 aromatic heterocycles. The second kappa shape index (κ2) is 15.4. The number of carbonyl (C=O) groups excluding carboxylic acids is 2. The molecule has 2 aliphatic rings. The predicted octanol–water partition coefficient (Wildman–Crippen LogP) is 7.45. The summed E-state index contributed by atoms with van der Waals surface area (Å²) >= 11 is 0. The van der Waals surface area contributed by atoms with Gasteiger partial charge >= 0.3 is 5.97 Å². The first-order chi connectivity index (χ1) is 24.2. The van der Waals surface area contributed by atoms with Gasteiger partial charge in [0.1, 0.15) is 11.9 Å². The van der Waals surface area contributed by atoms with Crippen LogP contribution in [0.2, 0.25) is 0 Å². The third kappa shape index (κ3) is 7.68. The summed E-state index contributed by atoms with van der Waals surface area (Å²) in [5.74, 6) is 0.726. The van der Waals surface area contributed by atoms with Gasteiger partial charge in [-0.05, 0) is 115 Å². The number of ketones is 1. The fraction of sp³-hybridized carbons (Fsp3) is 0.415. The van der Waals surface area contributed by atoms with E-state index in [-0.39, 0.29) is 54.5 Å². The number of H-pyrrole nitrogens is 1. The van der Waals surface area contributed by atoms with Crippen molar-refractivity contribution in [2.75, 3.05) is 20.8 Å². The number of phenols is 2. The zero-order chi connectivity index (χ0) is 35.4. The van der Waals surface area contributed by atoms with E-state index in [0.717, 1.165) is 58.1 Å². The van der Waals surface area contributed by atoms with E-state index in [1.165, 1.54) is 21.1 Å². The number of carbonyl (C=O) groups is 2. The van der Waals surface area contributed by atoms with Crippen molar-refractivity contribution in [2.24, 2.45) is 17.8 Å². The van der Waals surface area contributed by atoms with E-state index in [0.29, 0.717) is 36.7 Å². The largest absolute Gasteiger partial charge is 0.504 e. The molecule has 5 atom stereocenters. The van der Waals surface area contributed by atoms with Gasteiger partial charge in [-0.2, -0.15) is 0 Å². The van der Waals surface area contributed by atoms with Crippen molar-refractivity contribution < 1.29 is 39.1 Å². The number of rotatable bonds is 13. The number of aromatic hydroxyl groups is 2. The molecule has 3 aromatic carbocycles. The number of aryl methyl sites for hydroxylation is 1. The van der Waals surface area contributed by atoms with E-state index in [1.54, 1.807) is 24.3 Å². The molecule has 0 amide bonds. The molecule has 1 fully saturated rings. The van der Waals surface area contributed by atoms with Crippen LogP contribution >= 0.6 is 0 Å². The van der Waals surface area contributed by atoms with Crippen molar-refractivity contribution in [1.29, 1.82) is 0 Å². The van der Waals surface area contributed by atoms with Gasteiger partial charge in [-0.1, -0.05) is 30.3 Å². The monoisotopic (exact) mass is 681 g/mol. The Morgan fingerprint density at radius 3 is 2.48 bits per heavy atom. The lowest BCUT2D eigenvalue weighted by atomic mass is 9.65. The zero-order valence-corrected chi connectivity index (χ0v) is 29.0. The molecule has 4 N–H and O–H groups in total. The van der Waals surface area contributed by atoms with Crippen LogP contribution in [0.1, 0.15) is 80.2 Å². The Morgan fingerprint density at radius 2 is 1.74 bits per heavy atom.